The van der Waals surface area contributed by atoms with E-state index in [0.717, 1.165) is 51.7 Å². The topological polar surface area (TPSA) is 98.8 Å². The van der Waals surface area contributed by atoms with Crippen molar-refractivity contribution in [2.45, 2.75) is 84.6 Å². The Bertz CT molecular complexity index is 1400. The lowest BCUT2D eigenvalue weighted by molar-refractivity contribution is -0.148. The van der Waals surface area contributed by atoms with Gasteiger partial charge < -0.3 is 24.6 Å². The zero-order valence-corrected chi connectivity index (χ0v) is 23.2. The maximum Gasteiger partial charge on any atom is 0.410 e. The third-order valence-corrected chi connectivity index (χ3v) is 7.49. The molecule has 8 heteroatoms. The summed E-state index contributed by atoms with van der Waals surface area (Å²) < 4.78 is 5.76. The van der Waals surface area contributed by atoms with E-state index in [-0.39, 0.29) is 18.0 Å². The van der Waals surface area contributed by atoms with Crippen LogP contribution < -0.4 is 0 Å². The molecule has 1 fully saturated rings. The van der Waals surface area contributed by atoms with E-state index in [1.165, 1.54) is 19.4 Å². The Labute approximate surface area is 224 Å². The maximum atomic E-state index is 13.2. The molecule has 0 saturated carbocycles. The third kappa shape index (κ3) is 5.01. The summed E-state index contributed by atoms with van der Waals surface area (Å²) in [6.07, 6.45) is 5.96. The molecule has 2 N–H and O–H groups in total. The maximum absolute atomic E-state index is 13.2. The molecule has 2 aliphatic rings. The van der Waals surface area contributed by atoms with E-state index in [2.05, 4.69) is 35.1 Å². The van der Waals surface area contributed by atoms with Gasteiger partial charge in [0.05, 0.1) is 6.04 Å². The molecule has 0 radical (unpaired) electrons. The lowest BCUT2D eigenvalue weighted by atomic mass is 9.86. The summed E-state index contributed by atoms with van der Waals surface area (Å²) in [5, 5.41) is 11.4. The van der Waals surface area contributed by atoms with Crippen LogP contribution in [0.1, 0.15) is 75.8 Å². The molecule has 4 heterocycles. The Morgan fingerprint density at radius 2 is 1.87 bits per heavy atom. The van der Waals surface area contributed by atoms with Gasteiger partial charge in [-0.1, -0.05) is 0 Å². The van der Waals surface area contributed by atoms with E-state index in [9.17, 15) is 14.7 Å². The first-order valence-corrected chi connectivity index (χ1v) is 13.4. The first-order chi connectivity index (χ1) is 17.8. The fourth-order valence-electron chi connectivity index (χ4n) is 5.68. The Balaban J connectivity index is 1.60. The zero-order chi connectivity index (χ0) is 27.4. The summed E-state index contributed by atoms with van der Waals surface area (Å²) in [5.74, 6) is -0.280. The molecule has 1 atom stereocenters. The van der Waals surface area contributed by atoms with Crippen LogP contribution in [0, 0.1) is 6.92 Å². The van der Waals surface area contributed by atoms with Crippen LogP contribution in [0.3, 0.4) is 0 Å². The van der Waals surface area contributed by atoms with E-state index >= 15 is 0 Å². The number of hydrogen-bond donors (Lipinski definition) is 2. The molecule has 0 spiro atoms. The number of rotatable bonds is 3. The number of nitrogens with one attached hydrogen (secondary N) is 1. The van der Waals surface area contributed by atoms with Gasteiger partial charge in [0.1, 0.15) is 16.8 Å². The molecular weight excluding hydrogens is 480 g/mol. The van der Waals surface area contributed by atoms with Gasteiger partial charge in [0, 0.05) is 43.0 Å². The molecule has 3 aromatic rings. The molecule has 8 nitrogen and oxygen atoms in total. The number of hydrogen-bond acceptors (Lipinski definition) is 5. The van der Waals surface area contributed by atoms with E-state index < -0.39 is 11.2 Å². The Kier molecular flexibility index (Phi) is 6.50. The van der Waals surface area contributed by atoms with Crippen LogP contribution in [0.4, 0.5) is 4.79 Å². The van der Waals surface area contributed by atoms with Crippen LogP contribution in [0.5, 0.6) is 0 Å². The highest BCUT2D eigenvalue weighted by Crippen LogP contribution is 2.40. The molecule has 0 aliphatic carbocycles. The van der Waals surface area contributed by atoms with Gasteiger partial charge in [0.25, 0.3) is 5.91 Å². The number of aromatic nitrogens is 2. The van der Waals surface area contributed by atoms with Crippen LogP contribution in [-0.4, -0.2) is 61.2 Å². The van der Waals surface area contributed by atoms with Crippen molar-refractivity contribution in [1.82, 2.24) is 19.8 Å². The number of benzene rings is 1. The number of pyridine rings is 1. The van der Waals surface area contributed by atoms with Gasteiger partial charge in [-0.3, -0.25) is 4.79 Å². The lowest BCUT2D eigenvalue weighted by Crippen LogP contribution is -2.47. The first kappa shape index (κ1) is 26.2. The van der Waals surface area contributed by atoms with Gasteiger partial charge >= 0.3 is 6.09 Å². The molecule has 1 saturated heterocycles. The van der Waals surface area contributed by atoms with Crippen molar-refractivity contribution < 1.29 is 19.4 Å². The average Bonchev–Trinajstić information content (AvgIpc) is 3.48. The van der Waals surface area contributed by atoms with Crippen molar-refractivity contribution >= 4 is 23.0 Å². The number of aliphatic hydroxyl groups is 1. The number of aromatic amines is 1. The lowest BCUT2D eigenvalue weighted by Gasteiger charge is -2.36. The second-order valence-corrected chi connectivity index (χ2v) is 12.2. The monoisotopic (exact) mass is 518 g/mol. The highest BCUT2D eigenvalue weighted by Gasteiger charge is 2.37. The smallest absolute Gasteiger partial charge is 0.410 e. The number of carbonyl (C=O) groups is 2. The summed E-state index contributed by atoms with van der Waals surface area (Å²) in [6.45, 7) is 12.4. The third-order valence-electron chi connectivity index (χ3n) is 7.49. The Morgan fingerprint density at radius 3 is 2.58 bits per heavy atom. The average molecular weight is 519 g/mol. The number of ether oxygens (including phenoxy) is 1. The van der Waals surface area contributed by atoms with E-state index in [4.69, 9.17) is 4.74 Å². The number of fused-ring (bicyclic) bond motifs is 2. The van der Waals surface area contributed by atoms with Crippen molar-refractivity contribution in [2.24, 2.45) is 0 Å². The summed E-state index contributed by atoms with van der Waals surface area (Å²) in [7, 11) is 0. The van der Waals surface area contributed by atoms with Crippen molar-refractivity contribution in [3.63, 3.8) is 0 Å². The van der Waals surface area contributed by atoms with Crippen LogP contribution >= 0.6 is 0 Å². The van der Waals surface area contributed by atoms with Gasteiger partial charge in [-0.25, -0.2) is 9.78 Å². The van der Waals surface area contributed by atoms with Gasteiger partial charge in [-0.15, -0.1) is 0 Å². The molecule has 0 bridgehead atoms. The predicted octanol–water partition coefficient (Wildman–Crippen LogP) is 5.27. The van der Waals surface area contributed by atoms with E-state index in [1.54, 1.807) is 4.90 Å². The zero-order valence-electron chi connectivity index (χ0n) is 23.2. The number of aryl methyl sites for hydroxylation is 1. The number of likely N-dealkylation sites (tertiary alicyclic amines) is 1. The van der Waals surface area contributed by atoms with Gasteiger partial charge in [0.15, 0.2) is 0 Å². The SMILES string of the molecule is Cc1c[nH]c2ncc(-c3cc4c(c([C@@H]5CCCN5C(=O)OC(C)(C)C)c3)CCN(C(=O)C(C)(C)O)C4)cc12. The largest absolute Gasteiger partial charge is 0.444 e. The molecule has 1 aromatic carbocycles. The van der Waals surface area contributed by atoms with Crippen molar-refractivity contribution in [2.75, 3.05) is 13.1 Å². The minimum atomic E-state index is -1.43. The van der Waals surface area contributed by atoms with Gasteiger partial charge in [0.2, 0.25) is 0 Å². The molecule has 0 unspecified atom stereocenters. The van der Waals surface area contributed by atoms with E-state index in [1.807, 2.05) is 38.1 Å². The molecule has 2 amide bonds. The second-order valence-electron chi connectivity index (χ2n) is 12.2. The fraction of sp³-hybridized carbons (Fsp3) is 0.500. The molecule has 2 aliphatic heterocycles. The normalized spacial score (nSPS) is 18.1. The minimum Gasteiger partial charge on any atom is -0.444 e. The molecule has 202 valence electrons. The second kappa shape index (κ2) is 9.42. The van der Waals surface area contributed by atoms with Gasteiger partial charge in [-0.2, -0.15) is 0 Å². The Morgan fingerprint density at radius 1 is 1.11 bits per heavy atom. The molecule has 5 rings (SSSR count). The van der Waals surface area contributed by atoms with Gasteiger partial charge in [-0.05, 0) is 107 Å². The Hall–Kier alpha value is -3.39. The highest BCUT2D eigenvalue weighted by atomic mass is 16.6. The highest BCUT2D eigenvalue weighted by molar-refractivity contribution is 5.86. The molecular formula is C30H38N4O4. The summed E-state index contributed by atoms with van der Waals surface area (Å²) in [4.78, 5) is 37.6. The predicted molar refractivity (Wildman–Crippen MR) is 147 cm³/mol. The fourth-order valence-corrected chi connectivity index (χ4v) is 5.68. The quantitative estimate of drug-likeness (QED) is 0.492. The van der Waals surface area contributed by atoms with Crippen molar-refractivity contribution in [3.8, 4) is 11.1 Å². The number of H-pyrrole nitrogens is 1. The van der Waals surface area contributed by atoms with Crippen LogP contribution in [-0.2, 0) is 22.5 Å². The first-order valence-electron chi connectivity index (χ1n) is 13.4. The standard InChI is InChI=1S/C30H38N4O4/c1-18-15-31-26-23(18)14-20(16-32-26)19-12-21-17-33(27(35)30(5,6)37)11-9-22(21)24(13-19)25-8-7-10-34(25)28(36)38-29(2,3)4/h12-16,25,37H,7-11,17H2,1-6H3,(H,31,32)/t25-/m0/s1. The molecule has 38 heavy (non-hydrogen) atoms. The summed E-state index contributed by atoms with van der Waals surface area (Å²) in [5.41, 5.74) is 5.29. The minimum absolute atomic E-state index is 0.0965. The van der Waals surface area contributed by atoms with Crippen molar-refractivity contribution in [1.29, 1.82) is 0 Å². The van der Waals surface area contributed by atoms with Crippen LogP contribution in [0.25, 0.3) is 22.2 Å². The summed E-state index contributed by atoms with van der Waals surface area (Å²) in [6, 6.07) is 6.38. The van der Waals surface area contributed by atoms with E-state index in [0.29, 0.717) is 26.1 Å². The van der Waals surface area contributed by atoms with Crippen LogP contribution in [0.15, 0.2) is 30.6 Å². The summed E-state index contributed by atoms with van der Waals surface area (Å²) >= 11 is 0. The number of nitrogens with zero attached hydrogens (tertiary/aromatic N) is 3. The number of amides is 2. The van der Waals surface area contributed by atoms with Crippen LogP contribution in [0.2, 0.25) is 0 Å². The number of carbonyl (C=O) groups excluding carboxylic acids is 2. The molecule has 2 aromatic heterocycles. The van der Waals surface area contributed by atoms with Crippen molar-refractivity contribution in [3.05, 3.63) is 52.8 Å².